The molecule has 2 aliphatic carbocycles. The Morgan fingerprint density at radius 2 is 2.13 bits per heavy atom. The Kier molecular flexibility index (Phi) is 6.75. The minimum Gasteiger partial charge on any atom is -0.461 e. The normalized spacial score (nSPS) is 28.5. The molecule has 2 unspecified atom stereocenters. The Morgan fingerprint density at radius 3 is 2.98 bits per heavy atom. The van der Waals surface area contributed by atoms with Crippen molar-refractivity contribution in [3.63, 3.8) is 0 Å². The molecule has 5 aliphatic rings. The molecule has 2 aromatic heterocycles. The van der Waals surface area contributed by atoms with E-state index in [1.807, 2.05) is 17.0 Å². The second-order valence-electron chi connectivity index (χ2n) is 13.2. The first kappa shape index (κ1) is 28.3. The minimum atomic E-state index is -0.902. The summed E-state index contributed by atoms with van der Waals surface area (Å²) in [6.07, 6.45) is 6.36. The second-order valence-corrected chi connectivity index (χ2v) is 13.2. The predicted octanol–water partition coefficient (Wildman–Crippen LogP) is 4.57. The summed E-state index contributed by atoms with van der Waals surface area (Å²) in [5.74, 6) is 0.796. The lowest BCUT2D eigenvalue weighted by Gasteiger charge is -2.39. The first-order chi connectivity index (χ1) is 21.9. The highest BCUT2D eigenvalue weighted by Crippen LogP contribution is 2.58. The monoisotopic (exact) mass is 611 g/mol. The smallest absolute Gasteiger partial charge is 0.319 e. The maximum Gasteiger partial charge on any atom is 0.319 e. The number of hydrogen-bond acceptors (Lipinski definition) is 7. The van der Waals surface area contributed by atoms with E-state index >= 15 is 4.39 Å². The molecule has 1 amide bonds. The van der Waals surface area contributed by atoms with E-state index in [4.69, 9.17) is 16.3 Å². The van der Waals surface area contributed by atoms with Crippen LogP contribution in [0.2, 0.25) is 0 Å². The molecule has 0 radical (unpaired) electrons. The number of alkyl halides is 1. The number of benzene rings is 1. The number of piperazine rings is 1. The fourth-order valence-corrected chi connectivity index (χ4v) is 8.42. The molecule has 3 aliphatic heterocycles. The Bertz CT molecular complexity index is 1760. The van der Waals surface area contributed by atoms with E-state index in [1.54, 1.807) is 11.1 Å². The van der Waals surface area contributed by atoms with Crippen LogP contribution in [0.25, 0.3) is 27.0 Å². The molecule has 8 rings (SSSR count). The SMILES string of the molecule is [C-]#[N+]C[C@H]1CN(c2nc(OC[C@@]34CCCN3C[C@H](F)C4)nc3c(F)c(-c4cccc5c4C4CC4C5)ncc23)CCN1C(=O)C=C. The number of fused-ring (bicyclic) bond motifs is 5. The molecule has 5 atom stereocenters. The van der Waals surface area contributed by atoms with Crippen molar-refractivity contribution in [3.8, 4) is 17.3 Å². The number of carbonyl (C=O) groups excluding carboxylic acids is 1. The number of nitrogens with zero attached hydrogens (tertiary/aromatic N) is 7. The predicted molar refractivity (Wildman–Crippen MR) is 165 cm³/mol. The molecule has 5 heterocycles. The molecule has 3 saturated heterocycles. The lowest BCUT2D eigenvalue weighted by Crippen LogP contribution is -2.56. The summed E-state index contributed by atoms with van der Waals surface area (Å²) in [6, 6.07) is 5.69. The lowest BCUT2D eigenvalue weighted by molar-refractivity contribution is -0.128. The molecule has 11 heteroatoms. The number of aromatic nitrogens is 3. The Hall–Kier alpha value is -4.17. The highest BCUT2D eigenvalue weighted by Gasteiger charge is 2.50. The van der Waals surface area contributed by atoms with Crippen molar-refractivity contribution in [1.82, 2.24) is 24.8 Å². The van der Waals surface area contributed by atoms with Crippen LogP contribution in [0, 0.1) is 18.3 Å². The van der Waals surface area contributed by atoms with Gasteiger partial charge in [-0.05, 0) is 61.3 Å². The standard InChI is InChI=1S/C34H35F2N7O2/c1-3-27(44)43-11-10-41(18-23(43)15-37-2)32-26-16-38-30(24-7-4-6-20-12-21-13-25(21)28(20)24)29(36)31(26)39-33(40-32)45-19-34-8-5-9-42(34)17-22(35)14-34/h3-4,6-7,16,21-23,25H,1,5,8-15,17-19H2/t21?,22-,23+,25?,34+/m1/s1. The van der Waals surface area contributed by atoms with Crippen molar-refractivity contribution in [2.45, 2.75) is 55.8 Å². The highest BCUT2D eigenvalue weighted by molar-refractivity contribution is 5.93. The average molecular weight is 612 g/mol. The number of ether oxygens (including phenoxy) is 1. The van der Waals surface area contributed by atoms with Crippen LogP contribution in [0.4, 0.5) is 14.6 Å². The van der Waals surface area contributed by atoms with Gasteiger partial charge in [0.05, 0.1) is 10.9 Å². The summed E-state index contributed by atoms with van der Waals surface area (Å²) < 4.78 is 37.5. The third-order valence-electron chi connectivity index (χ3n) is 10.6. The van der Waals surface area contributed by atoms with Crippen LogP contribution < -0.4 is 9.64 Å². The maximum atomic E-state index is 16.7. The minimum absolute atomic E-state index is 0.0314. The fourth-order valence-electron chi connectivity index (χ4n) is 8.42. The molecule has 45 heavy (non-hydrogen) atoms. The molecule has 9 nitrogen and oxygen atoms in total. The summed E-state index contributed by atoms with van der Waals surface area (Å²) in [7, 11) is 0. The summed E-state index contributed by atoms with van der Waals surface area (Å²) in [5.41, 5.74) is 3.25. The van der Waals surface area contributed by atoms with Gasteiger partial charge < -0.3 is 19.4 Å². The first-order valence-corrected chi connectivity index (χ1v) is 15.9. The van der Waals surface area contributed by atoms with E-state index in [-0.39, 0.29) is 36.3 Å². The fraction of sp³-hybridized carbons (Fsp3) is 0.500. The Morgan fingerprint density at radius 1 is 1.24 bits per heavy atom. The van der Waals surface area contributed by atoms with Crippen molar-refractivity contribution >= 4 is 22.6 Å². The molecule has 0 bridgehead atoms. The summed E-state index contributed by atoms with van der Waals surface area (Å²) in [4.78, 5) is 36.0. The van der Waals surface area contributed by atoms with Crippen molar-refractivity contribution in [2.75, 3.05) is 50.8 Å². The van der Waals surface area contributed by atoms with Gasteiger partial charge >= 0.3 is 6.01 Å². The summed E-state index contributed by atoms with van der Waals surface area (Å²) in [6.45, 7) is 13.8. The Labute approximate surface area is 260 Å². The molecule has 3 aromatic rings. The number of carbonyl (C=O) groups is 1. The van der Waals surface area contributed by atoms with E-state index in [2.05, 4.69) is 32.4 Å². The Balaban J connectivity index is 1.20. The molecule has 1 aromatic carbocycles. The van der Waals surface area contributed by atoms with Gasteiger partial charge in [0.25, 0.3) is 0 Å². The van der Waals surface area contributed by atoms with Gasteiger partial charge in [-0.25, -0.2) is 15.4 Å². The van der Waals surface area contributed by atoms with Gasteiger partial charge in [0.1, 0.15) is 35.8 Å². The van der Waals surface area contributed by atoms with E-state index in [9.17, 15) is 9.18 Å². The van der Waals surface area contributed by atoms with Crippen molar-refractivity contribution in [3.05, 3.63) is 65.4 Å². The van der Waals surface area contributed by atoms with Crippen LogP contribution >= 0.6 is 0 Å². The third-order valence-corrected chi connectivity index (χ3v) is 10.6. The van der Waals surface area contributed by atoms with Crippen LogP contribution in [-0.4, -0.2) is 94.3 Å². The highest BCUT2D eigenvalue weighted by atomic mass is 19.1. The maximum absolute atomic E-state index is 16.7. The third kappa shape index (κ3) is 4.64. The summed E-state index contributed by atoms with van der Waals surface area (Å²) in [5, 5.41) is 0.441. The van der Waals surface area contributed by atoms with E-state index in [0.29, 0.717) is 55.6 Å². The quantitative estimate of drug-likeness (QED) is 0.286. The van der Waals surface area contributed by atoms with Crippen LogP contribution in [-0.2, 0) is 11.2 Å². The zero-order chi connectivity index (χ0) is 30.9. The van der Waals surface area contributed by atoms with Crippen LogP contribution in [0.5, 0.6) is 6.01 Å². The number of rotatable bonds is 7. The number of pyridine rings is 1. The van der Waals surface area contributed by atoms with E-state index in [1.165, 1.54) is 17.2 Å². The van der Waals surface area contributed by atoms with Crippen LogP contribution in [0.15, 0.2) is 37.1 Å². The molecule has 0 N–H and O–H groups in total. The molecule has 4 fully saturated rings. The second kappa shape index (κ2) is 10.7. The number of amides is 1. The van der Waals surface area contributed by atoms with E-state index < -0.39 is 23.6 Å². The van der Waals surface area contributed by atoms with Crippen LogP contribution in [0.3, 0.4) is 0 Å². The average Bonchev–Trinajstić information content (AvgIpc) is 3.37. The van der Waals surface area contributed by atoms with Gasteiger partial charge in [0.2, 0.25) is 12.5 Å². The van der Waals surface area contributed by atoms with Gasteiger partial charge in [-0.15, -0.1) is 0 Å². The lowest BCUT2D eigenvalue weighted by atomic mass is 9.95. The molecule has 1 saturated carbocycles. The van der Waals surface area contributed by atoms with Gasteiger partial charge in [0.15, 0.2) is 5.82 Å². The number of halogens is 2. The molecular weight excluding hydrogens is 576 g/mol. The summed E-state index contributed by atoms with van der Waals surface area (Å²) >= 11 is 0. The van der Waals surface area contributed by atoms with Gasteiger partial charge in [0, 0.05) is 44.4 Å². The molecule has 232 valence electrons. The topological polar surface area (TPSA) is 79.1 Å². The number of hydrogen-bond donors (Lipinski definition) is 0. The molecular formula is C34H35F2N7O2. The largest absolute Gasteiger partial charge is 0.461 e. The van der Waals surface area contributed by atoms with Crippen LogP contribution in [0.1, 0.15) is 42.7 Å². The van der Waals surface area contributed by atoms with Crippen molar-refractivity contribution in [1.29, 1.82) is 0 Å². The van der Waals surface area contributed by atoms with E-state index in [0.717, 1.165) is 37.8 Å². The van der Waals surface area contributed by atoms with Gasteiger partial charge in [-0.3, -0.25) is 14.7 Å². The van der Waals surface area contributed by atoms with Gasteiger partial charge in [-0.1, -0.05) is 24.8 Å². The van der Waals surface area contributed by atoms with Crippen molar-refractivity contribution in [2.24, 2.45) is 5.92 Å². The van der Waals surface area contributed by atoms with Crippen molar-refractivity contribution < 1.29 is 18.3 Å². The van der Waals surface area contributed by atoms with Gasteiger partial charge in [-0.2, -0.15) is 9.97 Å². The zero-order valence-electron chi connectivity index (χ0n) is 25.1. The first-order valence-electron chi connectivity index (χ1n) is 15.9. The zero-order valence-corrected chi connectivity index (χ0v) is 25.1. The molecule has 0 spiro atoms. The number of anilines is 1.